The van der Waals surface area contributed by atoms with Crippen LogP contribution in [0, 0.1) is 0 Å². The first-order valence-corrected chi connectivity index (χ1v) is 7.49. The van der Waals surface area contributed by atoms with E-state index in [1.807, 2.05) is 48.5 Å². The van der Waals surface area contributed by atoms with Crippen LogP contribution in [0.4, 0.5) is 5.69 Å². The number of rotatable bonds is 3. The Morgan fingerprint density at radius 1 is 1.24 bits per heavy atom. The summed E-state index contributed by atoms with van der Waals surface area (Å²) in [7, 11) is 0. The minimum absolute atomic E-state index is 0.00234. The lowest BCUT2D eigenvalue weighted by Gasteiger charge is -2.25. The minimum Gasteiger partial charge on any atom is -0.493 e. The third-order valence-corrected chi connectivity index (χ3v) is 3.93. The van der Waals surface area contributed by atoms with Crippen molar-refractivity contribution < 1.29 is 9.53 Å². The fourth-order valence-electron chi connectivity index (χ4n) is 2.58. The second-order valence-corrected chi connectivity index (χ2v) is 5.32. The monoisotopic (exact) mass is 301 g/mol. The summed E-state index contributed by atoms with van der Waals surface area (Å²) in [4.78, 5) is 12.5. The number of para-hydroxylation sites is 1. The molecule has 2 aromatic carbocycles. The van der Waals surface area contributed by atoms with E-state index in [0.29, 0.717) is 18.9 Å². The third-order valence-electron chi connectivity index (χ3n) is 3.62. The lowest BCUT2D eigenvalue weighted by atomic mass is 9.92. The van der Waals surface area contributed by atoms with Crippen molar-refractivity contribution >= 4 is 23.2 Å². The molecular weight excluding hydrogens is 286 g/mol. The summed E-state index contributed by atoms with van der Waals surface area (Å²) in [6, 6.07) is 15.3. The molecule has 1 heterocycles. The SMILES string of the molecule is O=C(Nc1cccc(CCl)c1)C1CCOc2ccccc21. The highest BCUT2D eigenvalue weighted by atomic mass is 35.5. The summed E-state index contributed by atoms with van der Waals surface area (Å²) in [5.41, 5.74) is 2.72. The average Bonchev–Trinajstić information content (AvgIpc) is 2.54. The van der Waals surface area contributed by atoms with Gasteiger partial charge in [-0.1, -0.05) is 30.3 Å². The molecule has 0 bridgehead atoms. The Balaban J connectivity index is 1.80. The lowest BCUT2D eigenvalue weighted by Crippen LogP contribution is -2.26. The highest BCUT2D eigenvalue weighted by Gasteiger charge is 2.27. The van der Waals surface area contributed by atoms with Gasteiger partial charge in [-0.3, -0.25) is 4.79 Å². The third kappa shape index (κ3) is 3.03. The summed E-state index contributed by atoms with van der Waals surface area (Å²) in [6.45, 7) is 0.566. The van der Waals surface area contributed by atoms with E-state index >= 15 is 0 Å². The van der Waals surface area contributed by atoms with Crippen molar-refractivity contribution in [2.45, 2.75) is 18.2 Å². The van der Waals surface area contributed by atoms with Gasteiger partial charge in [-0.2, -0.15) is 0 Å². The van der Waals surface area contributed by atoms with E-state index in [1.54, 1.807) is 0 Å². The molecule has 0 aromatic heterocycles. The number of anilines is 1. The van der Waals surface area contributed by atoms with E-state index < -0.39 is 0 Å². The molecular formula is C17H16ClNO2. The fraction of sp³-hybridized carbons (Fsp3) is 0.235. The number of amides is 1. The largest absolute Gasteiger partial charge is 0.493 e. The van der Waals surface area contributed by atoms with Gasteiger partial charge in [-0.15, -0.1) is 11.6 Å². The molecule has 0 spiro atoms. The Kier molecular flexibility index (Phi) is 4.11. The van der Waals surface area contributed by atoms with E-state index in [1.165, 1.54) is 0 Å². The smallest absolute Gasteiger partial charge is 0.232 e. The number of carbonyl (C=O) groups is 1. The normalized spacial score (nSPS) is 16.7. The van der Waals surface area contributed by atoms with Crippen molar-refractivity contribution in [2.75, 3.05) is 11.9 Å². The summed E-state index contributed by atoms with van der Waals surface area (Å²) in [5, 5.41) is 2.97. The first kappa shape index (κ1) is 14.0. The van der Waals surface area contributed by atoms with Crippen LogP contribution in [0.2, 0.25) is 0 Å². The van der Waals surface area contributed by atoms with Crippen molar-refractivity contribution in [1.82, 2.24) is 0 Å². The van der Waals surface area contributed by atoms with Gasteiger partial charge in [0.15, 0.2) is 0 Å². The molecule has 1 atom stereocenters. The Morgan fingerprint density at radius 2 is 2.10 bits per heavy atom. The Morgan fingerprint density at radius 3 is 2.95 bits per heavy atom. The summed E-state index contributed by atoms with van der Waals surface area (Å²) < 4.78 is 5.59. The zero-order chi connectivity index (χ0) is 14.7. The molecule has 3 nitrogen and oxygen atoms in total. The van der Waals surface area contributed by atoms with Gasteiger partial charge in [0.2, 0.25) is 5.91 Å². The number of hydrogen-bond acceptors (Lipinski definition) is 2. The fourth-order valence-corrected chi connectivity index (χ4v) is 2.74. The van der Waals surface area contributed by atoms with Gasteiger partial charge < -0.3 is 10.1 Å². The molecule has 1 N–H and O–H groups in total. The van der Waals surface area contributed by atoms with Gasteiger partial charge in [0.1, 0.15) is 5.75 Å². The van der Waals surface area contributed by atoms with Crippen LogP contribution in [0.1, 0.15) is 23.5 Å². The van der Waals surface area contributed by atoms with Gasteiger partial charge in [-0.25, -0.2) is 0 Å². The lowest BCUT2D eigenvalue weighted by molar-refractivity contribution is -0.118. The zero-order valence-corrected chi connectivity index (χ0v) is 12.3. The number of benzene rings is 2. The molecule has 3 rings (SSSR count). The Hall–Kier alpha value is -2.00. The van der Waals surface area contributed by atoms with Crippen LogP contribution in [0.5, 0.6) is 5.75 Å². The van der Waals surface area contributed by atoms with Gasteiger partial charge in [0, 0.05) is 17.1 Å². The predicted octanol–water partition coefficient (Wildman–Crippen LogP) is 3.93. The number of nitrogens with one attached hydrogen (secondary N) is 1. The van der Waals surface area contributed by atoms with Crippen molar-refractivity contribution in [2.24, 2.45) is 0 Å². The second-order valence-electron chi connectivity index (χ2n) is 5.05. The molecule has 1 aliphatic rings. The van der Waals surface area contributed by atoms with Crippen molar-refractivity contribution in [3.63, 3.8) is 0 Å². The van der Waals surface area contributed by atoms with E-state index in [9.17, 15) is 4.79 Å². The van der Waals surface area contributed by atoms with E-state index in [0.717, 1.165) is 22.6 Å². The van der Waals surface area contributed by atoms with Gasteiger partial charge >= 0.3 is 0 Å². The van der Waals surface area contributed by atoms with Crippen LogP contribution in [0.3, 0.4) is 0 Å². The average molecular weight is 302 g/mol. The van der Waals surface area contributed by atoms with Crippen molar-refractivity contribution in [1.29, 1.82) is 0 Å². The summed E-state index contributed by atoms with van der Waals surface area (Å²) in [5.74, 6) is 1.06. The molecule has 1 aliphatic heterocycles. The van der Waals surface area contributed by atoms with Crippen LogP contribution in [-0.4, -0.2) is 12.5 Å². The first-order chi connectivity index (χ1) is 10.3. The number of carbonyl (C=O) groups excluding carboxylic acids is 1. The van der Waals surface area contributed by atoms with Gasteiger partial charge in [0.05, 0.1) is 12.5 Å². The highest BCUT2D eigenvalue weighted by Crippen LogP contribution is 2.34. The first-order valence-electron chi connectivity index (χ1n) is 6.95. The Bertz CT molecular complexity index is 657. The molecule has 0 saturated heterocycles. The molecule has 1 unspecified atom stereocenters. The molecule has 0 fully saturated rings. The van der Waals surface area contributed by atoms with E-state index in [-0.39, 0.29) is 11.8 Å². The summed E-state index contributed by atoms with van der Waals surface area (Å²) in [6.07, 6.45) is 0.693. The van der Waals surface area contributed by atoms with Crippen LogP contribution >= 0.6 is 11.6 Å². The zero-order valence-electron chi connectivity index (χ0n) is 11.5. The molecule has 1 amide bonds. The quantitative estimate of drug-likeness (QED) is 0.872. The number of alkyl halides is 1. The van der Waals surface area contributed by atoms with E-state index in [2.05, 4.69) is 5.32 Å². The van der Waals surface area contributed by atoms with Crippen LogP contribution < -0.4 is 10.1 Å². The molecule has 21 heavy (non-hydrogen) atoms. The minimum atomic E-state index is -0.172. The van der Waals surface area contributed by atoms with Crippen LogP contribution in [0.25, 0.3) is 0 Å². The molecule has 2 aromatic rings. The molecule has 0 aliphatic carbocycles. The van der Waals surface area contributed by atoms with Crippen molar-refractivity contribution in [3.8, 4) is 5.75 Å². The highest BCUT2D eigenvalue weighted by molar-refractivity contribution is 6.17. The number of hydrogen-bond donors (Lipinski definition) is 1. The molecule has 0 saturated carbocycles. The maximum atomic E-state index is 12.5. The maximum Gasteiger partial charge on any atom is 0.232 e. The van der Waals surface area contributed by atoms with Crippen LogP contribution in [-0.2, 0) is 10.7 Å². The maximum absolute atomic E-state index is 12.5. The second kappa shape index (κ2) is 6.19. The topological polar surface area (TPSA) is 38.3 Å². The number of halogens is 1. The predicted molar refractivity (Wildman–Crippen MR) is 83.9 cm³/mol. The number of fused-ring (bicyclic) bond motifs is 1. The molecule has 4 heteroatoms. The van der Waals surface area contributed by atoms with Crippen LogP contribution in [0.15, 0.2) is 48.5 Å². The number of ether oxygens (including phenoxy) is 1. The van der Waals surface area contributed by atoms with Crippen molar-refractivity contribution in [3.05, 3.63) is 59.7 Å². The van der Waals surface area contributed by atoms with Gasteiger partial charge in [-0.05, 0) is 30.2 Å². The van der Waals surface area contributed by atoms with E-state index in [4.69, 9.17) is 16.3 Å². The van der Waals surface area contributed by atoms with Gasteiger partial charge in [0.25, 0.3) is 0 Å². The molecule has 108 valence electrons. The summed E-state index contributed by atoms with van der Waals surface area (Å²) >= 11 is 5.82. The molecule has 0 radical (unpaired) electrons. The standard InChI is InChI=1S/C17H16ClNO2/c18-11-12-4-3-5-13(10-12)19-17(20)15-8-9-21-16-7-2-1-6-14(15)16/h1-7,10,15H,8-9,11H2,(H,19,20). The Labute approximate surface area is 128 Å².